The number of aromatic nitrogens is 3. The van der Waals surface area contributed by atoms with E-state index in [1.54, 1.807) is 25.5 Å². The molecule has 5 nitrogen and oxygen atoms in total. The van der Waals surface area contributed by atoms with Crippen LogP contribution in [0.5, 0.6) is 0 Å². The van der Waals surface area contributed by atoms with Crippen LogP contribution in [-0.2, 0) is 7.05 Å². The lowest BCUT2D eigenvalue weighted by Crippen LogP contribution is -2.34. The third-order valence-electron chi connectivity index (χ3n) is 2.04. The van der Waals surface area contributed by atoms with E-state index in [0.29, 0.717) is 12.4 Å². The van der Waals surface area contributed by atoms with Gasteiger partial charge in [0.1, 0.15) is 6.33 Å². The van der Waals surface area contributed by atoms with Gasteiger partial charge >= 0.3 is 0 Å². The molecule has 0 saturated heterocycles. The predicted octanol–water partition coefficient (Wildman–Crippen LogP) is -0.0173. The van der Waals surface area contributed by atoms with Gasteiger partial charge in [0.15, 0.2) is 5.82 Å². The second-order valence-electron chi connectivity index (χ2n) is 3.68. The molecule has 0 aliphatic heterocycles. The fourth-order valence-corrected chi connectivity index (χ4v) is 0.884. The summed E-state index contributed by atoms with van der Waals surface area (Å²) in [5.74, 6) is 0.283. The quantitative estimate of drug-likeness (QED) is 0.667. The number of nitrogens with zero attached hydrogens (tertiary/aromatic N) is 3. The maximum atomic E-state index is 11.8. The highest BCUT2D eigenvalue weighted by Crippen LogP contribution is 2.18. The number of carbonyl (C=O) groups is 1. The molecule has 2 N–H and O–H groups in total. The molecule has 0 aliphatic carbocycles. The second-order valence-corrected chi connectivity index (χ2v) is 3.68. The number of rotatable bonds is 3. The summed E-state index contributed by atoms with van der Waals surface area (Å²) >= 11 is 0. The molecular formula is C8H14N4O. The van der Waals surface area contributed by atoms with Crippen molar-refractivity contribution in [3.8, 4) is 0 Å². The van der Waals surface area contributed by atoms with Crippen LogP contribution in [0.15, 0.2) is 6.33 Å². The minimum Gasteiger partial charge on any atom is -0.329 e. The fraction of sp³-hybridized carbons (Fsp3) is 0.625. The smallest absolute Gasteiger partial charge is 0.207 e. The zero-order chi connectivity index (χ0) is 10.1. The van der Waals surface area contributed by atoms with Crippen LogP contribution in [-0.4, -0.2) is 27.1 Å². The minimum absolute atomic E-state index is 0.0741. The van der Waals surface area contributed by atoms with E-state index in [0.717, 1.165) is 0 Å². The first-order valence-corrected chi connectivity index (χ1v) is 4.08. The zero-order valence-electron chi connectivity index (χ0n) is 8.11. The van der Waals surface area contributed by atoms with Crippen LogP contribution < -0.4 is 5.73 Å². The van der Waals surface area contributed by atoms with Gasteiger partial charge in [-0.15, -0.1) is 10.2 Å². The van der Waals surface area contributed by atoms with Crippen molar-refractivity contribution in [1.82, 2.24) is 14.8 Å². The Morgan fingerprint density at radius 3 is 2.69 bits per heavy atom. The number of hydrogen-bond acceptors (Lipinski definition) is 4. The maximum Gasteiger partial charge on any atom is 0.207 e. The molecule has 0 amide bonds. The first-order valence-electron chi connectivity index (χ1n) is 4.08. The van der Waals surface area contributed by atoms with Gasteiger partial charge in [-0.05, 0) is 0 Å². The number of ketones is 1. The van der Waals surface area contributed by atoms with Crippen LogP contribution in [0.4, 0.5) is 0 Å². The largest absolute Gasteiger partial charge is 0.329 e. The highest BCUT2D eigenvalue weighted by molar-refractivity contribution is 5.97. The molecule has 0 aromatic carbocycles. The lowest BCUT2D eigenvalue weighted by atomic mass is 9.88. The Hall–Kier alpha value is -1.23. The number of carbonyl (C=O) groups excluding carboxylic acids is 1. The van der Waals surface area contributed by atoms with Crippen molar-refractivity contribution in [3.05, 3.63) is 12.2 Å². The molecule has 0 radical (unpaired) electrons. The van der Waals surface area contributed by atoms with Crippen LogP contribution in [0.2, 0.25) is 0 Å². The van der Waals surface area contributed by atoms with Crippen molar-refractivity contribution < 1.29 is 4.79 Å². The predicted molar refractivity (Wildman–Crippen MR) is 48.2 cm³/mol. The summed E-state index contributed by atoms with van der Waals surface area (Å²) in [5, 5.41) is 7.38. The molecule has 0 fully saturated rings. The summed E-state index contributed by atoms with van der Waals surface area (Å²) in [6.45, 7) is 3.90. The maximum absolute atomic E-state index is 11.8. The van der Waals surface area contributed by atoms with Crippen LogP contribution in [0.3, 0.4) is 0 Å². The van der Waals surface area contributed by atoms with Crippen molar-refractivity contribution in [2.24, 2.45) is 18.2 Å². The number of hydrogen-bond donors (Lipinski definition) is 1. The minimum atomic E-state index is -0.569. The Morgan fingerprint density at radius 2 is 2.31 bits per heavy atom. The Bertz CT molecular complexity index is 316. The van der Waals surface area contributed by atoms with E-state index in [4.69, 9.17) is 5.73 Å². The Morgan fingerprint density at radius 1 is 1.69 bits per heavy atom. The molecular weight excluding hydrogens is 168 g/mol. The lowest BCUT2D eigenvalue weighted by Gasteiger charge is -2.19. The Balaban J connectivity index is 2.98. The van der Waals surface area contributed by atoms with E-state index < -0.39 is 5.41 Å². The molecule has 1 rings (SSSR count). The second kappa shape index (κ2) is 3.26. The molecule has 0 saturated carbocycles. The van der Waals surface area contributed by atoms with Crippen LogP contribution in [0, 0.1) is 5.41 Å². The molecule has 5 heteroatoms. The average molecular weight is 182 g/mol. The molecule has 0 spiro atoms. The normalized spacial score (nSPS) is 11.7. The Labute approximate surface area is 76.9 Å². The van der Waals surface area contributed by atoms with Crippen LogP contribution in [0.1, 0.15) is 24.5 Å². The summed E-state index contributed by atoms with van der Waals surface area (Å²) in [4.78, 5) is 11.8. The first-order chi connectivity index (χ1) is 5.99. The summed E-state index contributed by atoms with van der Waals surface area (Å²) in [6, 6.07) is 0. The van der Waals surface area contributed by atoms with Gasteiger partial charge in [-0.2, -0.15) is 0 Å². The monoisotopic (exact) mass is 182 g/mol. The number of nitrogens with two attached hydrogens (primary N) is 1. The van der Waals surface area contributed by atoms with Gasteiger partial charge in [0.05, 0.1) is 0 Å². The molecule has 72 valence electrons. The van der Waals surface area contributed by atoms with Crippen molar-refractivity contribution in [3.63, 3.8) is 0 Å². The van der Waals surface area contributed by atoms with Crippen molar-refractivity contribution >= 4 is 5.78 Å². The van der Waals surface area contributed by atoms with Gasteiger partial charge < -0.3 is 10.3 Å². The van der Waals surface area contributed by atoms with Crippen molar-refractivity contribution in [2.75, 3.05) is 6.54 Å². The third-order valence-corrected chi connectivity index (χ3v) is 2.04. The SMILES string of the molecule is Cn1cnnc1C(=O)C(C)(C)CN. The van der Waals surface area contributed by atoms with E-state index in [1.807, 2.05) is 0 Å². The molecule has 0 atom stereocenters. The summed E-state index contributed by atoms with van der Waals surface area (Å²) < 4.78 is 1.60. The van der Waals surface area contributed by atoms with Crippen LogP contribution >= 0.6 is 0 Å². The standard InChI is InChI=1S/C8H14N4O/c1-8(2,4-9)6(13)7-11-10-5-12(7)3/h5H,4,9H2,1-3H3. The van der Waals surface area contributed by atoms with E-state index in [9.17, 15) is 4.79 Å². The molecule has 0 aliphatic rings. The number of Topliss-reactive ketones (excluding diaryl/α,β-unsaturated/α-hetero) is 1. The summed E-state index contributed by atoms with van der Waals surface area (Å²) in [6.07, 6.45) is 1.50. The first kappa shape index (κ1) is 9.85. The fourth-order valence-electron chi connectivity index (χ4n) is 0.884. The lowest BCUT2D eigenvalue weighted by molar-refractivity contribution is 0.0832. The Kier molecular flexibility index (Phi) is 2.47. The van der Waals surface area contributed by atoms with Gasteiger partial charge in [-0.25, -0.2) is 0 Å². The molecule has 1 aromatic heterocycles. The number of aryl methyl sites for hydroxylation is 1. The highest BCUT2D eigenvalue weighted by Gasteiger charge is 2.30. The van der Waals surface area contributed by atoms with Gasteiger partial charge in [0.25, 0.3) is 0 Å². The average Bonchev–Trinajstić information content (AvgIpc) is 2.50. The topological polar surface area (TPSA) is 73.8 Å². The zero-order valence-corrected chi connectivity index (χ0v) is 8.11. The van der Waals surface area contributed by atoms with Gasteiger partial charge in [-0.3, -0.25) is 4.79 Å². The van der Waals surface area contributed by atoms with Crippen LogP contribution in [0.25, 0.3) is 0 Å². The van der Waals surface area contributed by atoms with E-state index in [1.165, 1.54) is 6.33 Å². The van der Waals surface area contributed by atoms with Crippen molar-refractivity contribution in [1.29, 1.82) is 0 Å². The summed E-state index contributed by atoms with van der Waals surface area (Å²) in [5.41, 5.74) is 4.92. The van der Waals surface area contributed by atoms with Gasteiger partial charge in [0, 0.05) is 19.0 Å². The summed E-state index contributed by atoms with van der Waals surface area (Å²) in [7, 11) is 1.74. The van der Waals surface area contributed by atoms with Gasteiger partial charge in [-0.1, -0.05) is 13.8 Å². The van der Waals surface area contributed by atoms with E-state index >= 15 is 0 Å². The van der Waals surface area contributed by atoms with E-state index in [-0.39, 0.29) is 5.78 Å². The third kappa shape index (κ3) is 1.75. The van der Waals surface area contributed by atoms with Crippen molar-refractivity contribution in [2.45, 2.75) is 13.8 Å². The molecule has 1 aromatic rings. The molecule has 0 bridgehead atoms. The molecule has 13 heavy (non-hydrogen) atoms. The molecule has 0 unspecified atom stereocenters. The van der Waals surface area contributed by atoms with Gasteiger partial charge in [0.2, 0.25) is 5.78 Å². The highest BCUT2D eigenvalue weighted by atomic mass is 16.1. The van der Waals surface area contributed by atoms with E-state index in [2.05, 4.69) is 10.2 Å². The molecule has 1 heterocycles.